The van der Waals surface area contributed by atoms with Crippen LogP contribution in [0.1, 0.15) is 36.0 Å². The summed E-state index contributed by atoms with van der Waals surface area (Å²) in [4.78, 5) is 16.7. The third-order valence-corrected chi connectivity index (χ3v) is 10.1. The lowest BCUT2D eigenvalue weighted by Gasteiger charge is -2.35. The van der Waals surface area contributed by atoms with Gasteiger partial charge in [-0.15, -0.1) is 0 Å². The predicted molar refractivity (Wildman–Crippen MR) is 128 cm³/mol. The Morgan fingerprint density at radius 3 is 2.36 bits per heavy atom. The average Bonchev–Trinajstić information content (AvgIpc) is 3.43. The first-order valence-corrected chi connectivity index (χ1v) is 13.5. The van der Waals surface area contributed by atoms with E-state index >= 15 is 0 Å². The van der Waals surface area contributed by atoms with Crippen molar-refractivity contribution in [3.8, 4) is 0 Å². The molecule has 2 aliphatic carbocycles. The molecule has 6 nitrogen and oxygen atoms in total. The standard InChI is InChI=1S/C25H23ClF3N3O3S/c26-19-4-3-17(25(33)31-18-10-20(27)23(29)21(28)11-18)9-22(19)36(34,35)24-15-1-2-16(24)8-14(7-15)12-32-6-5-30-13-32/h3-6,9-11,13-16,24H,1-2,7-8,12H2,(H,31,33)/t14?,15-,16?,24?/m0/s1. The Labute approximate surface area is 211 Å². The van der Waals surface area contributed by atoms with Gasteiger partial charge in [0.2, 0.25) is 0 Å². The first-order valence-electron chi connectivity index (χ1n) is 11.6. The lowest BCUT2D eigenvalue weighted by atomic mass is 9.80. The average molecular weight is 538 g/mol. The summed E-state index contributed by atoms with van der Waals surface area (Å²) in [5, 5.41) is 1.69. The lowest BCUT2D eigenvalue weighted by Crippen LogP contribution is -2.38. The number of aromatic nitrogens is 2. The summed E-state index contributed by atoms with van der Waals surface area (Å²) in [5.41, 5.74) is -0.353. The second kappa shape index (κ2) is 9.55. The highest BCUT2D eigenvalue weighted by Gasteiger charge is 2.50. The number of rotatable bonds is 6. The van der Waals surface area contributed by atoms with E-state index in [0.717, 1.165) is 32.2 Å². The Morgan fingerprint density at radius 1 is 1.08 bits per heavy atom. The van der Waals surface area contributed by atoms with Gasteiger partial charge in [-0.2, -0.15) is 0 Å². The van der Waals surface area contributed by atoms with E-state index in [0.29, 0.717) is 18.1 Å². The summed E-state index contributed by atoms with van der Waals surface area (Å²) in [6.45, 7) is 0.792. The minimum absolute atomic E-state index is 0.00496. The quantitative estimate of drug-likeness (QED) is 0.422. The van der Waals surface area contributed by atoms with Crippen molar-refractivity contribution < 1.29 is 26.4 Å². The molecule has 3 unspecified atom stereocenters. The Kier molecular flexibility index (Phi) is 6.59. The number of halogens is 4. The van der Waals surface area contributed by atoms with Crippen molar-refractivity contribution in [2.75, 3.05) is 5.32 Å². The van der Waals surface area contributed by atoms with E-state index in [2.05, 4.69) is 10.3 Å². The van der Waals surface area contributed by atoms with E-state index in [-0.39, 0.29) is 33.0 Å². The molecular weight excluding hydrogens is 515 g/mol. The fraction of sp³-hybridized carbons (Fsp3) is 0.360. The van der Waals surface area contributed by atoms with Crippen molar-refractivity contribution in [1.82, 2.24) is 9.55 Å². The number of benzene rings is 2. The van der Waals surface area contributed by atoms with Crippen LogP contribution in [0.25, 0.3) is 0 Å². The Morgan fingerprint density at radius 2 is 1.75 bits per heavy atom. The van der Waals surface area contributed by atoms with E-state index < -0.39 is 38.4 Å². The molecule has 5 rings (SSSR count). The van der Waals surface area contributed by atoms with Gasteiger partial charge in [0.15, 0.2) is 27.3 Å². The fourth-order valence-corrected chi connectivity index (χ4v) is 8.66. The van der Waals surface area contributed by atoms with Gasteiger partial charge < -0.3 is 9.88 Å². The number of anilines is 1. The molecule has 0 aliphatic heterocycles. The van der Waals surface area contributed by atoms with Gasteiger partial charge in [0, 0.05) is 42.3 Å². The molecule has 4 atom stereocenters. The number of nitrogens with zero attached hydrogens (tertiary/aromatic N) is 2. The van der Waals surface area contributed by atoms with Crippen LogP contribution in [0.15, 0.2) is 53.9 Å². The molecular formula is C25H23ClF3N3O3S. The number of carbonyl (C=O) groups excluding carboxylic acids is 1. The van der Waals surface area contributed by atoms with Gasteiger partial charge in [0.1, 0.15) is 0 Å². The number of fused-ring (bicyclic) bond motifs is 2. The number of sulfone groups is 1. The molecule has 2 saturated carbocycles. The van der Waals surface area contributed by atoms with Gasteiger partial charge in [0.05, 0.1) is 21.5 Å². The van der Waals surface area contributed by atoms with Gasteiger partial charge in [-0.25, -0.2) is 26.6 Å². The molecule has 36 heavy (non-hydrogen) atoms. The van der Waals surface area contributed by atoms with Gasteiger partial charge in [-0.3, -0.25) is 4.79 Å². The van der Waals surface area contributed by atoms with Crippen molar-refractivity contribution in [2.45, 2.75) is 42.4 Å². The van der Waals surface area contributed by atoms with Crippen LogP contribution in [0.3, 0.4) is 0 Å². The molecule has 2 fully saturated rings. The van der Waals surface area contributed by atoms with Crippen molar-refractivity contribution in [3.05, 3.63) is 77.1 Å². The summed E-state index contributed by atoms with van der Waals surface area (Å²) in [6.07, 6.45) is 8.56. The minimum Gasteiger partial charge on any atom is -0.337 e. The van der Waals surface area contributed by atoms with Crippen molar-refractivity contribution >= 4 is 33.0 Å². The van der Waals surface area contributed by atoms with Crippen LogP contribution in [0.4, 0.5) is 18.9 Å². The molecule has 190 valence electrons. The van der Waals surface area contributed by atoms with Gasteiger partial charge in [-0.05, 0) is 61.6 Å². The summed E-state index contributed by atoms with van der Waals surface area (Å²) in [5.74, 6) is -5.04. The van der Waals surface area contributed by atoms with E-state index in [1.165, 1.54) is 18.2 Å². The molecule has 1 heterocycles. The molecule has 0 spiro atoms. The maximum atomic E-state index is 13.8. The monoisotopic (exact) mass is 537 g/mol. The molecule has 11 heteroatoms. The zero-order valence-corrected chi connectivity index (χ0v) is 20.6. The lowest BCUT2D eigenvalue weighted by molar-refractivity contribution is 0.102. The molecule has 0 saturated heterocycles. The molecule has 1 amide bonds. The molecule has 1 N–H and O–H groups in total. The van der Waals surface area contributed by atoms with Gasteiger partial charge >= 0.3 is 0 Å². The van der Waals surface area contributed by atoms with E-state index in [9.17, 15) is 26.4 Å². The molecule has 2 aliphatic rings. The Balaban J connectivity index is 1.37. The summed E-state index contributed by atoms with van der Waals surface area (Å²) in [6, 6.07) is 5.12. The topological polar surface area (TPSA) is 81.1 Å². The fourth-order valence-electron chi connectivity index (χ4n) is 5.79. The van der Waals surface area contributed by atoms with E-state index in [1.54, 1.807) is 12.5 Å². The number of hydrogen-bond donors (Lipinski definition) is 1. The van der Waals surface area contributed by atoms with E-state index in [1.807, 2.05) is 10.8 Å². The zero-order chi connectivity index (χ0) is 25.6. The first-order chi connectivity index (χ1) is 17.1. The predicted octanol–water partition coefficient (Wildman–Crippen LogP) is 5.48. The van der Waals surface area contributed by atoms with Crippen LogP contribution in [-0.4, -0.2) is 29.1 Å². The minimum atomic E-state index is -3.86. The molecule has 2 bridgehead atoms. The highest BCUT2D eigenvalue weighted by molar-refractivity contribution is 7.92. The largest absolute Gasteiger partial charge is 0.337 e. The van der Waals surface area contributed by atoms with E-state index in [4.69, 9.17) is 11.6 Å². The number of carbonyl (C=O) groups is 1. The van der Waals surface area contributed by atoms with Crippen LogP contribution in [0.2, 0.25) is 5.02 Å². The van der Waals surface area contributed by atoms with Crippen LogP contribution in [0, 0.1) is 35.2 Å². The van der Waals surface area contributed by atoms with Crippen LogP contribution in [0.5, 0.6) is 0 Å². The van der Waals surface area contributed by atoms with Crippen molar-refractivity contribution in [1.29, 1.82) is 0 Å². The number of imidazole rings is 1. The SMILES string of the molecule is O=C(Nc1cc(F)c(F)c(F)c1)c1ccc(Cl)c(S(=O)(=O)C2C3CC[C@H]2CC(Cn2ccnc2)C3)c1. The maximum Gasteiger partial charge on any atom is 0.255 e. The molecule has 1 aromatic heterocycles. The highest BCUT2D eigenvalue weighted by atomic mass is 35.5. The van der Waals surface area contributed by atoms with Crippen LogP contribution in [-0.2, 0) is 16.4 Å². The van der Waals surface area contributed by atoms with Crippen LogP contribution >= 0.6 is 11.6 Å². The maximum absolute atomic E-state index is 13.8. The molecule has 2 aromatic carbocycles. The normalized spacial score (nSPS) is 23.6. The Bertz CT molecular complexity index is 1380. The second-order valence-corrected chi connectivity index (χ2v) is 12.0. The molecule has 0 radical (unpaired) electrons. The highest BCUT2D eigenvalue weighted by Crippen LogP contribution is 2.50. The molecule has 3 aromatic rings. The summed E-state index contributed by atoms with van der Waals surface area (Å²) < 4.78 is 69.8. The number of amides is 1. The number of hydrogen-bond acceptors (Lipinski definition) is 4. The number of nitrogens with one attached hydrogen (secondary N) is 1. The zero-order valence-electron chi connectivity index (χ0n) is 19.0. The third-order valence-electron chi connectivity index (χ3n) is 7.24. The van der Waals surface area contributed by atoms with Gasteiger partial charge in [-0.1, -0.05) is 11.6 Å². The van der Waals surface area contributed by atoms with Crippen molar-refractivity contribution in [2.24, 2.45) is 17.8 Å². The summed E-state index contributed by atoms with van der Waals surface area (Å²) in [7, 11) is -3.86. The third kappa shape index (κ3) is 4.64. The van der Waals surface area contributed by atoms with Crippen molar-refractivity contribution in [3.63, 3.8) is 0 Å². The first kappa shape index (κ1) is 24.8. The van der Waals surface area contributed by atoms with Gasteiger partial charge in [0.25, 0.3) is 5.91 Å². The summed E-state index contributed by atoms with van der Waals surface area (Å²) >= 11 is 6.30. The second-order valence-electron chi connectivity index (χ2n) is 9.56. The van der Waals surface area contributed by atoms with Crippen LogP contribution < -0.4 is 5.32 Å². The Hall–Kier alpha value is -2.85. The smallest absolute Gasteiger partial charge is 0.255 e.